The molecule has 0 saturated carbocycles. The summed E-state index contributed by atoms with van der Waals surface area (Å²) in [5.74, 6) is -0.806. The molecular formula is C12H12FN3O2. The molecule has 1 heterocycles. The van der Waals surface area contributed by atoms with Gasteiger partial charge in [-0.1, -0.05) is 0 Å². The van der Waals surface area contributed by atoms with Crippen molar-refractivity contribution in [1.82, 2.24) is 9.78 Å². The summed E-state index contributed by atoms with van der Waals surface area (Å²) in [5, 5.41) is 6.96. The highest BCUT2D eigenvalue weighted by molar-refractivity contribution is 5.94. The topological polar surface area (TPSA) is 56.1 Å². The standard InChI is InChI=1S/C12H12FN3O2/c1-16-11(12(17)18-2)10(7-14-16)15-9-5-3-8(13)4-6-9/h3-7,15H,1-2H3. The Labute approximate surface area is 103 Å². The van der Waals surface area contributed by atoms with E-state index in [1.54, 1.807) is 19.2 Å². The zero-order valence-corrected chi connectivity index (χ0v) is 9.98. The van der Waals surface area contributed by atoms with Gasteiger partial charge < -0.3 is 10.1 Å². The Morgan fingerprint density at radius 1 is 1.39 bits per heavy atom. The number of rotatable bonds is 3. The molecule has 0 atom stereocenters. The molecule has 18 heavy (non-hydrogen) atoms. The molecule has 0 fully saturated rings. The third-order valence-electron chi connectivity index (χ3n) is 2.44. The molecule has 2 rings (SSSR count). The van der Waals surface area contributed by atoms with Crippen LogP contribution < -0.4 is 5.32 Å². The summed E-state index contributed by atoms with van der Waals surface area (Å²) in [6.07, 6.45) is 1.51. The van der Waals surface area contributed by atoms with Crippen LogP contribution in [0, 0.1) is 5.82 Å². The van der Waals surface area contributed by atoms with Crippen molar-refractivity contribution in [3.8, 4) is 0 Å². The maximum absolute atomic E-state index is 12.8. The predicted molar refractivity (Wildman–Crippen MR) is 64.2 cm³/mol. The van der Waals surface area contributed by atoms with Crippen molar-refractivity contribution >= 4 is 17.3 Å². The molecule has 0 amide bonds. The van der Waals surface area contributed by atoms with Gasteiger partial charge in [0, 0.05) is 12.7 Å². The molecule has 1 aromatic carbocycles. The van der Waals surface area contributed by atoms with Crippen LogP contribution in [0.5, 0.6) is 0 Å². The molecule has 0 spiro atoms. The number of anilines is 2. The van der Waals surface area contributed by atoms with Crippen molar-refractivity contribution in [2.45, 2.75) is 0 Å². The van der Waals surface area contributed by atoms with E-state index in [4.69, 9.17) is 0 Å². The second-order valence-electron chi connectivity index (χ2n) is 3.65. The third kappa shape index (κ3) is 2.32. The van der Waals surface area contributed by atoms with Crippen LogP contribution in [0.2, 0.25) is 0 Å². The lowest BCUT2D eigenvalue weighted by Gasteiger charge is -2.07. The Balaban J connectivity index is 2.29. The van der Waals surface area contributed by atoms with Crippen LogP contribution in [0.4, 0.5) is 15.8 Å². The molecule has 94 valence electrons. The number of benzene rings is 1. The number of hydrogen-bond donors (Lipinski definition) is 1. The summed E-state index contributed by atoms with van der Waals surface area (Å²) in [6.45, 7) is 0. The van der Waals surface area contributed by atoms with E-state index < -0.39 is 5.97 Å². The van der Waals surface area contributed by atoms with E-state index in [-0.39, 0.29) is 5.82 Å². The first-order valence-corrected chi connectivity index (χ1v) is 5.24. The number of ether oxygens (including phenoxy) is 1. The Morgan fingerprint density at radius 3 is 2.67 bits per heavy atom. The first-order chi connectivity index (χ1) is 8.61. The largest absolute Gasteiger partial charge is 0.464 e. The summed E-state index contributed by atoms with van der Waals surface area (Å²) >= 11 is 0. The number of esters is 1. The second-order valence-corrected chi connectivity index (χ2v) is 3.65. The highest BCUT2D eigenvalue weighted by Crippen LogP contribution is 2.21. The first-order valence-electron chi connectivity index (χ1n) is 5.24. The highest BCUT2D eigenvalue weighted by atomic mass is 19.1. The quantitative estimate of drug-likeness (QED) is 0.846. The molecule has 6 heteroatoms. The van der Waals surface area contributed by atoms with E-state index in [0.29, 0.717) is 17.1 Å². The number of hydrogen-bond acceptors (Lipinski definition) is 4. The molecule has 0 radical (unpaired) electrons. The summed E-state index contributed by atoms with van der Waals surface area (Å²) in [4.78, 5) is 11.6. The molecule has 0 saturated heterocycles. The van der Waals surface area contributed by atoms with Gasteiger partial charge in [-0.25, -0.2) is 9.18 Å². The first kappa shape index (κ1) is 12.1. The second kappa shape index (κ2) is 4.87. The number of aryl methyl sites for hydroxylation is 1. The summed E-state index contributed by atoms with van der Waals surface area (Å²) in [7, 11) is 2.94. The van der Waals surface area contributed by atoms with Crippen LogP contribution in [-0.4, -0.2) is 22.9 Å². The van der Waals surface area contributed by atoms with Gasteiger partial charge >= 0.3 is 5.97 Å². The zero-order chi connectivity index (χ0) is 13.1. The maximum Gasteiger partial charge on any atom is 0.358 e. The average molecular weight is 249 g/mol. The van der Waals surface area contributed by atoms with E-state index in [0.717, 1.165) is 0 Å². The minimum Gasteiger partial charge on any atom is -0.464 e. The molecule has 0 aliphatic rings. The van der Waals surface area contributed by atoms with Crippen LogP contribution in [0.25, 0.3) is 0 Å². The SMILES string of the molecule is COC(=O)c1c(Nc2ccc(F)cc2)cnn1C. The molecule has 0 aliphatic carbocycles. The van der Waals surface area contributed by atoms with E-state index >= 15 is 0 Å². The number of carbonyl (C=O) groups is 1. The lowest BCUT2D eigenvalue weighted by molar-refractivity contribution is 0.0589. The van der Waals surface area contributed by atoms with Gasteiger partial charge in [-0.05, 0) is 24.3 Å². The van der Waals surface area contributed by atoms with Crippen molar-refractivity contribution < 1.29 is 13.9 Å². The molecule has 5 nitrogen and oxygen atoms in total. The Kier molecular flexibility index (Phi) is 3.27. The summed E-state index contributed by atoms with van der Waals surface area (Å²) < 4.78 is 18.9. The van der Waals surface area contributed by atoms with Crippen LogP contribution >= 0.6 is 0 Å². The van der Waals surface area contributed by atoms with E-state index in [2.05, 4.69) is 15.2 Å². The van der Waals surface area contributed by atoms with Crippen molar-refractivity contribution in [3.05, 3.63) is 42.0 Å². The van der Waals surface area contributed by atoms with Gasteiger partial charge in [0.25, 0.3) is 0 Å². The third-order valence-corrected chi connectivity index (χ3v) is 2.44. The normalized spacial score (nSPS) is 10.2. The van der Waals surface area contributed by atoms with Gasteiger partial charge in [0.15, 0.2) is 5.69 Å². The van der Waals surface area contributed by atoms with Gasteiger partial charge in [-0.3, -0.25) is 4.68 Å². The van der Waals surface area contributed by atoms with Gasteiger partial charge in [0.2, 0.25) is 0 Å². The number of nitrogens with zero attached hydrogens (tertiary/aromatic N) is 2. The molecule has 0 unspecified atom stereocenters. The summed E-state index contributed by atoms with van der Waals surface area (Å²) in [6, 6.07) is 5.81. The Morgan fingerprint density at radius 2 is 2.06 bits per heavy atom. The molecule has 1 aromatic heterocycles. The number of aromatic nitrogens is 2. The fourth-order valence-corrected chi connectivity index (χ4v) is 1.56. The summed E-state index contributed by atoms with van der Waals surface area (Å²) in [5.41, 5.74) is 1.48. The van der Waals surface area contributed by atoms with Crippen LogP contribution in [0.15, 0.2) is 30.5 Å². The molecular weight excluding hydrogens is 237 g/mol. The minimum atomic E-state index is -0.486. The number of carbonyl (C=O) groups excluding carboxylic acids is 1. The number of methoxy groups -OCH3 is 1. The van der Waals surface area contributed by atoms with Crippen LogP contribution in [0.1, 0.15) is 10.5 Å². The number of nitrogens with one attached hydrogen (secondary N) is 1. The highest BCUT2D eigenvalue weighted by Gasteiger charge is 2.17. The number of halogens is 1. The fraction of sp³-hybridized carbons (Fsp3) is 0.167. The van der Waals surface area contributed by atoms with E-state index in [1.807, 2.05) is 0 Å². The molecule has 0 bridgehead atoms. The minimum absolute atomic E-state index is 0.307. The lowest BCUT2D eigenvalue weighted by Crippen LogP contribution is -2.10. The fourth-order valence-electron chi connectivity index (χ4n) is 1.56. The molecule has 1 N–H and O–H groups in total. The monoisotopic (exact) mass is 249 g/mol. The molecule has 2 aromatic rings. The lowest BCUT2D eigenvalue weighted by atomic mass is 10.3. The van der Waals surface area contributed by atoms with Gasteiger partial charge in [0.1, 0.15) is 5.82 Å². The van der Waals surface area contributed by atoms with Gasteiger partial charge in [-0.15, -0.1) is 0 Å². The van der Waals surface area contributed by atoms with E-state index in [1.165, 1.54) is 30.1 Å². The van der Waals surface area contributed by atoms with Crippen molar-refractivity contribution in [3.63, 3.8) is 0 Å². The zero-order valence-electron chi connectivity index (χ0n) is 9.98. The van der Waals surface area contributed by atoms with Gasteiger partial charge in [0.05, 0.1) is 19.0 Å². The van der Waals surface area contributed by atoms with Crippen molar-refractivity contribution in [1.29, 1.82) is 0 Å². The maximum atomic E-state index is 12.8. The van der Waals surface area contributed by atoms with Crippen LogP contribution in [-0.2, 0) is 11.8 Å². The van der Waals surface area contributed by atoms with Crippen molar-refractivity contribution in [2.75, 3.05) is 12.4 Å². The van der Waals surface area contributed by atoms with Gasteiger partial charge in [-0.2, -0.15) is 5.10 Å². The molecule has 0 aliphatic heterocycles. The van der Waals surface area contributed by atoms with Crippen molar-refractivity contribution in [2.24, 2.45) is 7.05 Å². The predicted octanol–water partition coefficient (Wildman–Crippen LogP) is 2.09. The average Bonchev–Trinajstić information content (AvgIpc) is 2.72. The Bertz CT molecular complexity index is 563. The Hall–Kier alpha value is -2.37. The smallest absolute Gasteiger partial charge is 0.358 e. The van der Waals surface area contributed by atoms with Crippen LogP contribution in [0.3, 0.4) is 0 Å². The van der Waals surface area contributed by atoms with E-state index in [9.17, 15) is 9.18 Å².